The average molecular weight is 332 g/mol. The van der Waals surface area contributed by atoms with Crippen LogP contribution < -0.4 is 9.62 Å². The van der Waals surface area contributed by atoms with Crippen molar-refractivity contribution in [1.82, 2.24) is 0 Å². The fourth-order valence-corrected chi connectivity index (χ4v) is 2.68. The Labute approximate surface area is 137 Å². The zero-order valence-electron chi connectivity index (χ0n) is 13.4. The summed E-state index contributed by atoms with van der Waals surface area (Å²) < 4.78 is 24.4. The van der Waals surface area contributed by atoms with Crippen molar-refractivity contribution in [2.24, 2.45) is 0 Å². The first-order valence-electron chi connectivity index (χ1n) is 7.26. The van der Waals surface area contributed by atoms with Gasteiger partial charge in [-0.05, 0) is 36.2 Å². The normalized spacial score (nSPS) is 11.1. The van der Waals surface area contributed by atoms with E-state index in [1.54, 1.807) is 24.3 Å². The number of aryl methyl sites for hydroxylation is 1. The van der Waals surface area contributed by atoms with Gasteiger partial charge in [0.25, 0.3) is 5.91 Å². The summed E-state index contributed by atoms with van der Waals surface area (Å²) in [5, 5.41) is 2.88. The molecule has 0 fully saturated rings. The molecule has 0 saturated heterocycles. The van der Waals surface area contributed by atoms with Crippen molar-refractivity contribution in [2.45, 2.75) is 13.3 Å². The van der Waals surface area contributed by atoms with E-state index in [9.17, 15) is 13.2 Å². The van der Waals surface area contributed by atoms with Crippen LogP contribution >= 0.6 is 0 Å². The SMILES string of the molecule is CCc1ccccc1NC(=O)c1cccc(N(C)S(C)(=O)=O)c1. The molecule has 0 aliphatic rings. The molecule has 1 N–H and O–H groups in total. The highest BCUT2D eigenvalue weighted by atomic mass is 32.2. The predicted molar refractivity (Wildman–Crippen MR) is 93.5 cm³/mol. The lowest BCUT2D eigenvalue weighted by atomic mass is 10.1. The van der Waals surface area contributed by atoms with Gasteiger partial charge in [0.05, 0.1) is 11.9 Å². The second kappa shape index (κ2) is 6.83. The Kier molecular flexibility index (Phi) is 5.05. The fourth-order valence-electron chi connectivity index (χ4n) is 2.18. The molecular weight excluding hydrogens is 312 g/mol. The highest BCUT2D eigenvalue weighted by molar-refractivity contribution is 7.92. The Bertz CT molecular complexity index is 816. The first-order valence-corrected chi connectivity index (χ1v) is 9.11. The van der Waals surface area contributed by atoms with Gasteiger partial charge in [-0.15, -0.1) is 0 Å². The van der Waals surface area contributed by atoms with Crippen molar-refractivity contribution >= 4 is 27.3 Å². The highest BCUT2D eigenvalue weighted by Gasteiger charge is 2.14. The van der Waals surface area contributed by atoms with Gasteiger partial charge in [-0.2, -0.15) is 0 Å². The molecule has 0 spiro atoms. The number of hydrogen-bond donors (Lipinski definition) is 1. The van der Waals surface area contributed by atoms with E-state index in [0.29, 0.717) is 11.3 Å². The van der Waals surface area contributed by atoms with Crippen molar-refractivity contribution in [1.29, 1.82) is 0 Å². The molecule has 0 atom stereocenters. The minimum atomic E-state index is -3.37. The molecule has 5 nitrogen and oxygen atoms in total. The van der Waals surface area contributed by atoms with Gasteiger partial charge in [-0.3, -0.25) is 9.10 Å². The second-order valence-corrected chi connectivity index (χ2v) is 7.26. The predicted octanol–water partition coefficient (Wildman–Crippen LogP) is 2.90. The number of nitrogens with zero attached hydrogens (tertiary/aromatic N) is 1. The van der Waals surface area contributed by atoms with Crippen LogP contribution in [0.1, 0.15) is 22.8 Å². The monoisotopic (exact) mass is 332 g/mol. The summed E-state index contributed by atoms with van der Waals surface area (Å²) in [6.45, 7) is 2.02. The standard InChI is InChI=1S/C17H20N2O3S/c1-4-13-8-5-6-11-16(13)18-17(20)14-9-7-10-15(12-14)19(2)23(3,21)22/h5-12H,4H2,1-3H3,(H,18,20). The second-order valence-electron chi connectivity index (χ2n) is 5.25. The molecule has 0 bridgehead atoms. The smallest absolute Gasteiger partial charge is 0.255 e. The molecule has 2 aromatic carbocycles. The van der Waals surface area contributed by atoms with E-state index >= 15 is 0 Å². The van der Waals surface area contributed by atoms with Gasteiger partial charge < -0.3 is 5.32 Å². The maximum atomic E-state index is 12.4. The Morgan fingerprint density at radius 1 is 1.13 bits per heavy atom. The zero-order chi connectivity index (χ0) is 17.0. The van der Waals surface area contributed by atoms with Crippen LogP contribution in [0.4, 0.5) is 11.4 Å². The summed E-state index contributed by atoms with van der Waals surface area (Å²) in [6.07, 6.45) is 1.94. The van der Waals surface area contributed by atoms with Gasteiger partial charge in [0.1, 0.15) is 0 Å². The molecule has 0 aliphatic heterocycles. The van der Waals surface area contributed by atoms with Gasteiger partial charge >= 0.3 is 0 Å². The van der Waals surface area contributed by atoms with Gasteiger partial charge in [0.15, 0.2) is 0 Å². The number of carbonyl (C=O) groups is 1. The van der Waals surface area contributed by atoms with Crippen molar-refractivity contribution in [3.05, 3.63) is 59.7 Å². The van der Waals surface area contributed by atoms with Crippen molar-refractivity contribution in [3.63, 3.8) is 0 Å². The molecule has 2 aromatic rings. The number of anilines is 2. The Morgan fingerprint density at radius 2 is 1.83 bits per heavy atom. The molecule has 23 heavy (non-hydrogen) atoms. The largest absolute Gasteiger partial charge is 0.322 e. The summed E-state index contributed by atoms with van der Waals surface area (Å²) >= 11 is 0. The van der Waals surface area contributed by atoms with Crippen LogP contribution in [0.5, 0.6) is 0 Å². The number of rotatable bonds is 5. The summed E-state index contributed by atoms with van der Waals surface area (Å²) in [4.78, 5) is 12.4. The molecule has 0 unspecified atom stereocenters. The van der Waals surface area contributed by atoms with E-state index < -0.39 is 10.0 Å². The molecule has 1 amide bonds. The molecular formula is C17H20N2O3S. The Balaban J connectivity index is 2.27. The van der Waals surface area contributed by atoms with E-state index in [-0.39, 0.29) is 5.91 Å². The van der Waals surface area contributed by atoms with Crippen molar-refractivity contribution in [2.75, 3.05) is 22.9 Å². The number of nitrogens with one attached hydrogen (secondary N) is 1. The number of hydrogen-bond acceptors (Lipinski definition) is 3. The third-order valence-corrected chi connectivity index (χ3v) is 4.82. The third kappa shape index (κ3) is 4.10. The van der Waals surface area contributed by atoms with E-state index in [1.807, 2.05) is 31.2 Å². The van der Waals surface area contributed by atoms with Crippen molar-refractivity contribution < 1.29 is 13.2 Å². The maximum absolute atomic E-state index is 12.4. The van der Waals surface area contributed by atoms with Gasteiger partial charge in [-0.1, -0.05) is 31.2 Å². The van der Waals surface area contributed by atoms with E-state index in [2.05, 4.69) is 5.32 Å². The molecule has 0 aromatic heterocycles. The van der Waals surface area contributed by atoms with E-state index in [0.717, 1.165) is 28.2 Å². The quantitative estimate of drug-likeness (QED) is 0.915. The topological polar surface area (TPSA) is 66.5 Å². The summed E-state index contributed by atoms with van der Waals surface area (Å²) in [6, 6.07) is 14.1. The fraction of sp³-hybridized carbons (Fsp3) is 0.235. The summed E-state index contributed by atoms with van der Waals surface area (Å²) in [5.41, 5.74) is 2.67. The Morgan fingerprint density at radius 3 is 2.48 bits per heavy atom. The zero-order valence-corrected chi connectivity index (χ0v) is 14.2. The number of amides is 1. The van der Waals surface area contributed by atoms with E-state index in [1.165, 1.54) is 7.05 Å². The summed E-state index contributed by atoms with van der Waals surface area (Å²) in [5.74, 6) is -0.269. The van der Waals surface area contributed by atoms with Crippen LogP contribution in [-0.2, 0) is 16.4 Å². The van der Waals surface area contributed by atoms with Gasteiger partial charge in [-0.25, -0.2) is 8.42 Å². The van der Waals surface area contributed by atoms with Crippen LogP contribution in [0.25, 0.3) is 0 Å². The van der Waals surface area contributed by atoms with Crippen LogP contribution in [0.15, 0.2) is 48.5 Å². The molecule has 0 saturated carbocycles. The number of sulfonamides is 1. The van der Waals surface area contributed by atoms with Crippen LogP contribution in [0.2, 0.25) is 0 Å². The molecule has 122 valence electrons. The van der Waals surface area contributed by atoms with Crippen LogP contribution in [-0.4, -0.2) is 27.6 Å². The molecule has 2 rings (SSSR count). The van der Waals surface area contributed by atoms with Crippen LogP contribution in [0.3, 0.4) is 0 Å². The maximum Gasteiger partial charge on any atom is 0.255 e. The lowest BCUT2D eigenvalue weighted by Crippen LogP contribution is -2.25. The minimum Gasteiger partial charge on any atom is -0.322 e. The molecule has 6 heteroatoms. The average Bonchev–Trinajstić information content (AvgIpc) is 2.54. The number of carbonyl (C=O) groups excluding carboxylic acids is 1. The molecule has 0 heterocycles. The van der Waals surface area contributed by atoms with Crippen LogP contribution in [0, 0.1) is 0 Å². The highest BCUT2D eigenvalue weighted by Crippen LogP contribution is 2.20. The first kappa shape index (κ1) is 17.0. The molecule has 0 radical (unpaired) electrons. The third-order valence-electron chi connectivity index (χ3n) is 3.62. The van der Waals surface area contributed by atoms with E-state index in [4.69, 9.17) is 0 Å². The Hall–Kier alpha value is -2.34. The number of para-hydroxylation sites is 1. The lowest BCUT2D eigenvalue weighted by Gasteiger charge is -2.17. The van der Waals surface area contributed by atoms with Gasteiger partial charge in [0, 0.05) is 18.3 Å². The lowest BCUT2D eigenvalue weighted by molar-refractivity contribution is 0.102. The summed E-state index contributed by atoms with van der Waals surface area (Å²) in [7, 11) is -1.91. The van der Waals surface area contributed by atoms with Gasteiger partial charge in [0.2, 0.25) is 10.0 Å². The van der Waals surface area contributed by atoms with Crippen molar-refractivity contribution in [3.8, 4) is 0 Å². The molecule has 0 aliphatic carbocycles. The number of benzene rings is 2. The minimum absolute atomic E-state index is 0.269. The first-order chi connectivity index (χ1) is 10.8.